The smallest absolute Gasteiger partial charge is 0.192 e. The monoisotopic (exact) mass is 384 g/mol. The van der Waals surface area contributed by atoms with Crippen molar-refractivity contribution in [3.63, 3.8) is 0 Å². The summed E-state index contributed by atoms with van der Waals surface area (Å²) >= 11 is 1.55. The Labute approximate surface area is 159 Å². The Kier molecular flexibility index (Phi) is 4.29. The van der Waals surface area contributed by atoms with Gasteiger partial charge in [0.05, 0.1) is 6.61 Å². The van der Waals surface area contributed by atoms with Crippen molar-refractivity contribution < 1.29 is 13.9 Å². The molecule has 0 bridgehead atoms. The fraction of sp³-hybridized carbons (Fsp3) is 0.316. The van der Waals surface area contributed by atoms with E-state index in [1.54, 1.807) is 24.2 Å². The van der Waals surface area contributed by atoms with Crippen LogP contribution in [0.15, 0.2) is 41.8 Å². The number of hydrogen-bond acceptors (Lipinski definition) is 6. The highest BCUT2D eigenvalue weighted by Gasteiger charge is 2.30. The molecule has 0 N–H and O–H groups in total. The lowest BCUT2D eigenvalue weighted by molar-refractivity contribution is -0.0171. The molecule has 0 spiro atoms. The van der Waals surface area contributed by atoms with E-state index in [0.717, 1.165) is 46.3 Å². The first kappa shape index (κ1) is 16.7. The molecule has 0 radical (unpaired) electrons. The largest absolute Gasteiger partial charge is 0.467 e. The molecule has 27 heavy (non-hydrogen) atoms. The molecule has 5 rings (SSSR count). The van der Waals surface area contributed by atoms with E-state index < -0.39 is 0 Å². The van der Waals surface area contributed by atoms with Gasteiger partial charge in [0.2, 0.25) is 0 Å². The van der Waals surface area contributed by atoms with Gasteiger partial charge in [0.25, 0.3) is 0 Å². The Bertz CT molecular complexity index is 975. The number of nitrogens with zero attached hydrogens (tertiary/aromatic N) is 4. The fourth-order valence-corrected chi connectivity index (χ4v) is 4.21. The SMILES string of the molecule is Fc1cc2c(c(CSc3nnc(-c4cccnc4)n3C3CC3)c1)OCOC2. The zero-order valence-corrected chi connectivity index (χ0v) is 15.3. The minimum atomic E-state index is -0.279. The summed E-state index contributed by atoms with van der Waals surface area (Å²) in [6, 6.07) is 7.30. The van der Waals surface area contributed by atoms with E-state index in [-0.39, 0.29) is 12.6 Å². The van der Waals surface area contributed by atoms with Crippen LogP contribution in [0.2, 0.25) is 0 Å². The third-order valence-electron chi connectivity index (χ3n) is 4.60. The average Bonchev–Trinajstić information content (AvgIpc) is 3.45. The molecule has 6 nitrogen and oxygen atoms in total. The Morgan fingerprint density at radius 1 is 1.26 bits per heavy atom. The van der Waals surface area contributed by atoms with Crippen molar-refractivity contribution in [2.75, 3.05) is 6.79 Å². The van der Waals surface area contributed by atoms with Gasteiger partial charge in [-0.15, -0.1) is 10.2 Å². The number of fused-ring (bicyclic) bond motifs is 1. The first-order valence-corrected chi connectivity index (χ1v) is 9.78. The molecule has 0 unspecified atom stereocenters. The Balaban J connectivity index is 1.44. The van der Waals surface area contributed by atoms with E-state index in [9.17, 15) is 4.39 Å². The topological polar surface area (TPSA) is 62.1 Å². The van der Waals surface area contributed by atoms with Gasteiger partial charge in [-0.2, -0.15) is 0 Å². The molecule has 3 heterocycles. The molecule has 3 aromatic rings. The molecule has 1 aromatic carbocycles. The van der Waals surface area contributed by atoms with Crippen LogP contribution in [0.25, 0.3) is 11.4 Å². The summed E-state index contributed by atoms with van der Waals surface area (Å²) in [6.45, 7) is 0.563. The third kappa shape index (κ3) is 3.30. The first-order chi connectivity index (χ1) is 13.3. The van der Waals surface area contributed by atoms with Crippen molar-refractivity contribution >= 4 is 11.8 Å². The second-order valence-corrected chi connectivity index (χ2v) is 7.54. The minimum Gasteiger partial charge on any atom is -0.467 e. The second kappa shape index (κ2) is 6.94. The van der Waals surface area contributed by atoms with Crippen LogP contribution in [0.1, 0.15) is 30.0 Å². The molecule has 1 saturated carbocycles. The first-order valence-electron chi connectivity index (χ1n) is 8.79. The highest BCUT2D eigenvalue weighted by atomic mass is 32.2. The van der Waals surface area contributed by atoms with Crippen molar-refractivity contribution in [1.29, 1.82) is 0 Å². The van der Waals surface area contributed by atoms with Crippen molar-refractivity contribution in [2.45, 2.75) is 36.4 Å². The molecule has 0 saturated heterocycles. The van der Waals surface area contributed by atoms with Gasteiger partial charge in [-0.05, 0) is 37.1 Å². The van der Waals surface area contributed by atoms with Gasteiger partial charge in [-0.25, -0.2) is 4.39 Å². The predicted octanol–water partition coefficient (Wildman–Crippen LogP) is 3.97. The predicted molar refractivity (Wildman–Crippen MR) is 97.8 cm³/mol. The van der Waals surface area contributed by atoms with E-state index in [0.29, 0.717) is 18.4 Å². The van der Waals surface area contributed by atoms with Crippen LogP contribution in [0.3, 0.4) is 0 Å². The molecule has 8 heteroatoms. The lowest BCUT2D eigenvalue weighted by Gasteiger charge is -2.20. The maximum Gasteiger partial charge on any atom is 0.192 e. The zero-order valence-electron chi connectivity index (χ0n) is 14.5. The molecular formula is C19H17FN4O2S. The number of benzene rings is 1. The van der Waals surface area contributed by atoms with Crippen LogP contribution in [0.4, 0.5) is 4.39 Å². The van der Waals surface area contributed by atoms with Crippen LogP contribution < -0.4 is 4.74 Å². The van der Waals surface area contributed by atoms with Crippen LogP contribution in [-0.4, -0.2) is 26.5 Å². The van der Waals surface area contributed by atoms with E-state index in [2.05, 4.69) is 19.7 Å². The van der Waals surface area contributed by atoms with Crippen LogP contribution >= 0.6 is 11.8 Å². The number of pyridine rings is 1. The summed E-state index contributed by atoms with van der Waals surface area (Å²) in [7, 11) is 0. The molecule has 1 aliphatic heterocycles. The summed E-state index contributed by atoms with van der Waals surface area (Å²) in [4.78, 5) is 4.18. The van der Waals surface area contributed by atoms with Crippen molar-refractivity contribution in [3.05, 3.63) is 53.6 Å². The Hall–Kier alpha value is -2.45. The van der Waals surface area contributed by atoms with Gasteiger partial charge < -0.3 is 9.47 Å². The molecule has 1 aliphatic carbocycles. The molecular weight excluding hydrogens is 367 g/mol. The van der Waals surface area contributed by atoms with Gasteiger partial charge >= 0.3 is 0 Å². The lowest BCUT2D eigenvalue weighted by atomic mass is 10.1. The standard InChI is InChI=1S/C19H17FN4O2S/c20-15-6-13-9-25-11-26-17(13)14(7-15)10-27-19-23-22-18(24(19)16-3-4-16)12-2-1-5-21-8-12/h1-2,5-8,16H,3-4,9-11H2. The third-order valence-corrected chi connectivity index (χ3v) is 5.60. The van der Waals surface area contributed by atoms with Crippen molar-refractivity contribution in [2.24, 2.45) is 0 Å². The highest BCUT2D eigenvalue weighted by Crippen LogP contribution is 2.42. The van der Waals surface area contributed by atoms with Crippen LogP contribution in [0.5, 0.6) is 5.75 Å². The summed E-state index contributed by atoms with van der Waals surface area (Å²) in [6.07, 6.45) is 5.78. The summed E-state index contributed by atoms with van der Waals surface area (Å²) in [5, 5.41) is 9.62. The van der Waals surface area contributed by atoms with Gasteiger partial charge in [-0.1, -0.05) is 11.8 Å². The fourth-order valence-electron chi connectivity index (χ4n) is 3.24. The lowest BCUT2D eigenvalue weighted by Crippen LogP contribution is -2.13. The number of rotatable bonds is 5. The van der Waals surface area contributed by atoms with Crippen molar-refractivity contribution in [1.82, 2.24) is 19.7 Å². The number of thioether (sulfide) groups is 1. The highest BCUT2D eigenvalue weighted by molar-refractivity contribution is 7.98. The van der Waals surface area contributed by atoms with Crippen LogP contribution in [0, 0.1) is 5.82 Å². The average molecular weight is 384 g/mol. The normalized spacial score (nSPS) is 16.0. The summed E-state index contributed by atoms with van der Waals surface area (Å²) < 4.78 is 27.0. The molecule has 2 aliphatic rings. The Morgan fingerprint density at radius 3 is 3.00 bits per heavy atom. The minimum absolute atomic E-state index is 0.194. The number of hydrogen-bond donors (Lipinski definition) is 0. The number of ether oxygens (including phenoxy) is 2. The molecule has 138 valence electrons. The maximum absolute atomic E-state index is 14.0. The van der Waals surface area contributed by atoms with Crippen molar-refractivity contribution in [3.8, 4) is 17.1 Å². The van der Waals surface area contributed by atoms with Gasteiger partial charge in [0, 0.05) is 40.9 Å². The van der Waals surface area contributed by atoms with E-state index in [4.69, 9.17) is 9.47 Å². The molecule has 1 fully saturated rings. The second-order valence-electron chi connectivity index (χ2n) is 6.60. The maximum atomic E-state index is 14.0. The number of aromatic nitrogens is 4. The number of halogens is 1. The molecule has 2 aromatic heterocycles. The van der Waals surface area contributed by atoms with E-state index >= 15 is 0 Å². The quantitative estimate of drug-likeness (QED) is 0.620. The Morgan fingerprint density at radius 2 is 2.19 bits per heavy atom. The molecule has 0 atom stereocenters. The van der Waals surface area contributed by atoms with Gasteiger partial charge in [0.15, 0.2) is 17.8 Å². The van der Waals surface area contributed by atoms with E-state index in [1.807, 2.05) is 12.1 Å². The van der Waals surface area contributed by atoms with E-state index in [1.165, 1.54) is 12.1 Å². The summed E-state index contributed by atoms with van der Waals surface area (Å²) in [5.74, 6) is 1.83. The van der Waals surface area contributed by atoms with Crippen LogP contribution in [-0.2, 0) is 17.1 Å². The van der Waals surface area contributed by atoms with Gasteiger partial charge in [-0.3, -0.25) is 9.55 Å². The zero-order chi connectivity index (χ0) is 18.2. The molecule has 0 amide bonds. The summed E-state index contributed by atoms with van der Waals surface area (Å²) in [5.41, 5.74) is 2.51. The van der Waals surface area contributed by atoms with Gasteiger partial charge in [0.1, 0.15) is 11.6 Å².